The summed E-state index contributed by atoms with van der Waals surface area (Å²) in [7, 11) is 0. The van der Waals surface area contributed by atoms with Gasteiger partial charge in [-0.25, -0.2) is 0 Å². The molecule has 0 aromatic rings. The van der Waals surface area contributed by atoms with Crippen molar-refractivity contribution in [1.82, 2.24) is 0 Å². The van der Waals surface area contributed by atoms with Crippen LogP contribution < -0.4 is 0 Å². The van der Waals surface area contributed by atoms with Gasteiger partial charge in [0.1, 0.15) is 5.60 Å². The zero-order chi connectivity index (χ0) is 21.1. The Morgan fingerprint density at radius 2 is 1.83 bits per heavy atom. The molecule has 4 fully saturated rings. The highest BCUT2D eigenvalue weighted by Gasteiger charge is 2.59. The van der Waals surface area contributed by atoms with E-state index >= 15 is 0 Å². The average molecular weight is 415 g/mol. The molecule has 7 atom stereocenters. The lowest BCUT2D eigenvalue weighted by Gasteiger charge is -2.58. The van der Waals surface area contributed by atoms with Gasteiger partial charge in [0, 0.05) is 0 Å². The van der Waals surface area contributed by atoms with E-state index in [2.05, 4.69) is 40.7 Å². The average Bonchev–Trinajstić information content (AvgIpc) is 3.03. The van der Waals surface area contributed by atoms with Crippen LogP contribution in [-0.4, -0.2) is 25.4 Å². The molecule has 0 N–H and O–H groups in total. The molecule has 0 spiro atoms. The molecule has 30 heavy (non-hydrogen) atoms. The van der Waals surface area contributed by atoms with E-state index in [0.29, 0.717) is 22.7 Å². The second kappa shape index (κ2) is 7.62. The number of fused-ring (bicyclic) bond motifs is 5. The Labute approximate surface area is 185 Å². The van der Waals surface area contributed by atoms with Gasteiger partial charge in [-0.05, 0) is 97.7 Å². The summed E-state index contributed by atoms with van der Waals surface area (Å²) in [6, 6.07) is 0. The number of ether oxygens (including phenoxy) is 2. The van der Waals surface area contributed by atoms with E-state index < -0.39 is 0 Å². The molecule has 5 aliphatic rings. The van der Waals surface area contributed by atoms with Gasteiger partial charge >= 0.3 is 0 Å². The molecule has 3 saturated carbocycles. The summed E-state index contributed by atoms with van der Waals surface area (Å²) in [5.74, 6) is 4.87. The third-order valence-corrected chi connectivity index (χ3v) is 11.2. The maximum absolute atomic E-state index is 6.58. The van der Waals surface area contributed by atoms with E-state index in [1.54, 1.807) is 0 Å². The van der Waals surface area contributed by atoms with Gasteiger partial charge in [0.25, 0.3) is 0 Å². The second-order valence-electron chi connectivity index (χ2n) is 12.7. The minimum absolute atomic E-state index is 0.00896. The van der Waals surface area contributed by atoms with Crippen LogP contribution in [0.4, 0.5) is 0 Å². The van der Waals surface area contributed by atoms with Crippen LogP contribution >= 0.6 is 0 Å². The molecule has 0 aromatic heterocycles. The zero-order valence-corrected chi connectivity index (χ0v) is 20.3. The van der Waals surface area contributed by atoms with Crippen LogP contribution in [0.3, 0.4) is 0 Å². The SMILES string of the molecule is CC(COC1(C(C)C)COC1)C1CCC2C3CC=C4CCCCC4(C)C3CCC12C. The van der Waals surface area contributed by atoms with Crippen molar-refractivity contribution in [2.45, 2.75) is 98.0 Å². The van der Waals surface area contributed by atoms with Crippen LogP contribution in [0, 0.1) is 46.3 Å². The summed E-state index contributed by atoms with van der Waals surface area (Å²) in [6.45, 7) is 14.9. The smallest absolute Gasteiger partial charge is 0.117 e. The standard InChI is InChI=1S/C28H46O2/c1-19(2)28(17-29-18-28)30-16-20(3)23-11-12-24-22-10-9-21-8-6-7-14-26(21,4)25(22)13-15-27(23,24)5/h9,19-20,22-25H,6-8,10-18H2,1-5H3. The van der Waals surface area contributed by atoms with Gasteiger partial charge in [0.2, 0.25) is 0 Å². The molecular formula is C28H46O2. The fourth-order valence-electron chi connectivity index (χ4n) is 8.97. The Kier molecular flexibility index (Phi) is 5.46. The molecule has 5 rings (SSSR count). The third-order valence-electron chi connectivity index (χ3n) is 11.2. The van der Waals surface area contributed by atoms with Crippen LogP contribution in [-0.2, 0) is 9.47 Å². The van der Waals surface area contributed by atoms with Crippen molar-refractivity contribution in [2.24, 2.45) is 46.3 Å². The normalized spacial score (nSPS) is 45.7. The zero-order valence-electron chi connectivity index (χ0n) is 20.3. The highest BCUT2D eigenvalue weighted by atomic mass is 16.6. The molecule has 0 bridgehead atoms. The predicted molar refractivity (Wildman–Crippen MR) is 123 cm³/mol. The number of allylic oxidation sites excluding steroid dienone is 2. The molecule has 0 amide bonds. The van der Waals surface area contributed by atoms with Crippen LogP contribution in [0.2, 0.25) is 0 Å². The lowest BCUT2D eigenvalue weighted by Crippen LogP contribution is -2.56. The molecule has 0 aromatic carbocycles. The van der Waals surface area contributed by atoms with E-state index in [1.165, 1.54) is 57.8 Å². The Hall–Kier alpha value is -0.340. The van der Waals surface area contributed by atoms with Crippen molar-refractivity contribution in [3.8, 4) is 0 Å². The van der Waals surface area contributed by atoms with Gasteiger partial charge in [-0.2, -0.15) is 0 Å². The van der Waals surface area contributed by atoms with Gasteiger partial charge in [0.15, 0.2) is 0 Å². The van der Waals surface area contributed by atoms with Crippen LogP contribution in [0.5, 0.6) is 0 Å². The predicted octanol–water partition coefficient (Wildman–Crippen LogP) is 7.03. The largest absolute Gasteiger partial charge is 0.375 e. The van der Waals surface area contributed by atoms with Crippen molar-refractivity contribution in [3.63, 3.8) is 0 Å². The Bertz CT molecular complexity index is 676. The molecule has 2 heteroatoms. The summed E-state index contributed by atoms with van der Waals surface area (Å²) in [5, 5.41) is 0. The van der Waals surface area contributed by atoms with Gasteiger partial charge in [-0.1, -0.05) is 52.7 Å². The highest BCUT2D eigenvalue weighted by molar-refractivity contribution is 5.24. The Balaban J connectivity index is 1.30. The fraction of sp³-hybridized carbons (Fsp3) is 0.929. The third kappa shape index (κ3) is 3.10. The molecular weight excluding hydrogens is 368 g/mol. The lowest BCUT2D eigenvalue weighted by molar-refractivity contribution is -0.238. The molecule has 7 unspecified atom stereocenters. The minimum Gasteiger partial charge on any atom is -0.375 e. The topological polar surface area (TPSA) is 18.5 Å². The first-order chi connectivity index (χ1) is 14.3. The summed E-state index contributed by atoms with van der Waals surface area (Å²) in [5.41, 5.74) is 2.90. The first-order valence-corrected chi connectivity index (χ1v) is 13.2. The van der Waals surface area contributed by atoms with E-state index in [0.717, 1.165) is 43.5 Å². The Morgan fingerprint density at radius 1 is 1.03 bits per heavy atom. The number of hydrogen-bond donors (Lipinski definition) is 0. The van der Waals surface area contributed by atoms with E-state index in [4.69, 9.17) is 9.47 Å². The number of hydrogen-bond acceptors (Lipinski definition) is 2. The maximum atomic E-state index is 6.58. The van der Waals surface area contributed by atoms with Crippen LogP contribution in [0.1, 0.15) is 92.4 Å². The number of rotatable bonds is 5. The molecule has 1 aliphatic heterocycles. The summed E-state index contributed by atoms with van der Waals surface area (Å²) >= 11 is 0. The van der Waals surface area contributed by atoms with E-state index in [-0.39, 0.29) is 5.60 Å². The van der Waals surface area contributed by atoms with Gasteiger partial charge < -0.3 is 9.47 Å². The molecule has 170 valence electrons. The molecule has 2 nitrogen and oxygen atoms in total. The van der Waals surface area contributed by atoms with Gasteiger partial charge in [-0.15, -0.1) is 0 Å². The van der Waals surface area contributed by atoms with Crippen molar-refractivity contribution < 1.29 is 9.47 Å². The summed E-state index contributed by atoms with van der Waals surface area (Å²) < 4.78 is 12.1. The minimum atomic E-state index is -0.00896. The monoisotopic (exact) mass is 414 g/mol. The summed E-state index contributed by atoms with van der Waals surface area (Å²) in [4.78, 5) is 0. The molecule has 1 heterocycles. The lowest BCUT2D eigenvalue weighted by atomic mass is 9.47. The molecule has 4 aliphatic carbocycles. The summed E-state index contributed by atoms with van der Waals surface area (Å²) in [6.07, 6.45) is 15.6. The molecule has 1 saturated heterocycles. The van der Waals surface area contributed by atoms with Gasteiger partial charge in [0.05, 0.1) is 19.8 Å². The molecule has 0 radical (unpaired) electrons. The first-order valence-electron chi connectivity index (χ1n) is 13.2. The van der Waals surface area contributed by atoms with Crippen LogP contribution in [0.25, 0.3) is 0 Å². The maximum Gasteiger partial charge on any atom is 0.117 e. The highest BCUT2D eigenvalue weighted by Crippen LogP contribution is 2.67. The fourth-order valence-corrected chi connectivity index (χ4v) is 8.97. The van der Waals surface area contributed by atoms with Crippen molar-refractivity contribution >= 4 is 0 Å². The van der Waals surface area contributed by atoms with Crippen molar-refractivity contribution in [2.75, 3.05) is 19.8 Å². The van der Waals surface area contributed by atoms with Crippen molar-refractivity contribution in [1.29, 1.82) is 0 Å². The van der Waals surface area contributed by atoms with E-state index in [9.17, 15) is 0 Å². The van der Waals surface area contributed by atoms with E-state index in [1.807, 2.05) is 5.57 Å². The second-order valence-corrected chi connectivity index (χ2v) is 12.7. The van der Waals surface area contributed by atoms with Crippen molar-refractivity contribution in [3.05, 3.63) is 11.6 Å². The first kappa shape index (κ1) is 21.5. The van der Waals surface area contributed by atoms with Gasteiger partial charge in [-0.3, -0.25) is 0 Å². The quantitative estimate of drug-likeness (QED) is 0.449. The Morgan fingerprint density at radius 3 is 2.53 bits per heavy atom. The van der Waals surface area contributed by atoms with Crippen LogP contribution in [0.15, 0.2) is 11.6 Å².